The lowest BCUT2D eigenvalue weighted by Crippen LogP contribution is -2.05. The predicted octanol–water partition coefficient (Wildman–Crippen LogP) is 3.65. The van der Waals surface area contributed by atoms with Gasteiger partial charge in [0.2, 0.25) is 0 Å². The summed E-state index contributed by atoms with van der Waals surface area (Å²) in [6.07, 6.45) is 0. The molecule has 0 amide bonds. The molecule has 0 aliphatic carbocycles. The molecule has 0 fully saturated rings. The van der Waals surface area contributed by atoms with Crippen LogP contribution in [0.4, 0.5) is 15.8 Å². The van der Waals surface area contributed by atoms with Crippen LogP contribution >= 0.6 is 22.6 Å². The molecule has 0 aliphatic heterocycles. The van der Waals surface area contributed by atoms with Crippen LogP contribution in [0.5, 0.6) is 0 Å². The topological polar surface area (TPSA) is 68.1 Å². The molecule has 0 saturated carbocycles. The van der Waals surface area contributed by atoms with E-state index in [0.717, 1.165) is 17.5 Å². The zero-order valence-electron chi connectivity index (χ0n) is 10.6. The van der Waals surface area contributed by atoms with E-state index in [4.69, 9.17) is 0 Å². The van der Waals surface area contributed by atoms with Crippen LogP contribution in [0.25, 0.3) is 0 Å². The summed E-state index contributed by atoms with van der Waals surface area (Å²) in [5.41, 5.74) is 1.59. The van der Waals surface area contributed by atoms with Crippen molar-refractivity contribution >= 4 is 34.0 Å². The van der Waals surface area contributed by atoms with E-state index in [-0.39, 0.29) is 14.9 Å². The first-order valence-electron chi connectivity index (χ1n) is 5.77. The number of nitro groups is 1. The number of aromatic nitrogens is 1. The number of pyridine rings is 1. The highest BCUT2D eigenvalue weighted by Crippen LogP contribution is 2.28. The van der Waals surface area contributed by atoms with E-state index >= 15 is 0 Å². The quantitative estimate of drug-likeness (QED) is 0.494. The molecular formula is C13H11FIN3O2. The van der Waals surface area contributed by atoms with E-state index in [1.54, 1.807) is 28.7 Å². The maximum absolute atomic E-state index is 13.5. The van der Waals surface area contributed by atoms with Crippen LogP contribution < -0.4 is 5.32 Å². The van der Waals surface area contributed by atoms with Crippen LogP contribution in [0.3, 0.4) is 0 Å². The lowest BCUT2D eigenvalue weighted by atomic mass is 10.2. The molecule has 0 spiro atoms. The van der Waals surface area contributed by atoms with Crippen molar-refractivity contribution in [3.63, 3.8) is 0 Å². The van der Waals surface area contributed by atoms with Gasteiger partial charge in [-0.3, -0.25) is 15.1 Å². The van der Waals surface area contributed by atoms with Crippen molar-refractivity contribution < 1.29 is 9.31 Å². The number of nitro benzene ring substituents is 1. The molecule has 1 heterocycles. The van der Waals surface area contributed by atoms with Gasteiger partial charge in [-0.05, 0) is 41.6 Å². The van der Waals surface area contributed by atoms with Gasteiger partial charge in [-0.15, -0.1) is 0 Å². The molecule has 1 N–H and O–H groups in total. The van der Waals surface area contributed by atoms with Crippen LogP contribution in [0.1, 0.15) is 11.4 Å². The van der Waals surface area contributed by atoms with E-state index < -0.39 is 10.7 Å². The molecule has 0 bridgehead atoms. The van der Waals surface area contributed by atoms with E-state index in [1.165, 1.54) is 6.07 Å². The second kappa shape index (κ2) is 6.12. The highest BCUT2D eigenvalue weighted by atomic mass is 127. The molecule has 20 heavy (non-hydrogen) atoms. The molecule has 0 unspecified atom stereocenters. The smallest absolute Gasteiger partial charge is 0.293 e. The maximum Gasteiger partial charge on any atom is 0.293 e. The Hall–Kier alpha value is -1.77. The minimum absolute atomic E-state index is 0.149. The van der Waals surface area contributed by atoms with Gasteiger partial charge in [0.05, 0.1) is 20.7 Å². The van der Waals surface area contributed by atoms with Crippen LogP contribution in [-0.4, -0.2) is 9.91 Å². The second-order valence-electron chi connectivity index (χ2n) is 4.16. The van der Waals surface area contributed by atoms with Crippen molar-refractivity contribution in [2.75, 3.05) is 5.32 Å². The third-order valence-corrected chi connectivity index (χ3v) is 3.47. The average Bonchev–Trinajstić information content (AvgIpc) is 2.39. The number of anilines is 1. The molecule has 1 aromatic heterocycles. The van der Waals surface area contributed by atoms with Crippen molar-refractivity contribution in [3.05, 3.63) is 61.2 Å². The van der Waals surface area contributed by atoms with Crippen LogP contribution in [0, 0.1) is 26.4 Å². The third-order valence-electron chi connectivity index (χ3n) is 2.64. The molecule has 2 aromatic rings. The number of benzene rings is 1. The number of nitrogens with one attached hydrogen (secondary N) is 1. The average molecular weight is 387 g/mol. The van der Waals surface area contributed by atoms with Gasteiger partial charge in [0.25, 0.3) is 5.69 Å². The molecule has 2 rings (SSSR count). The molecule has 7 heteroatoms. The second-order valence-corrected chi connectivity index (χ2v) is 5.33. The molecule has 1 aromatic carbocycles. The van der Waals surface area contributed by atoms with Gasteiger partial charge in [-0.2, -0.15) is 0 Å². The minimum atomic E-state index is -0.534. The fraction of sp³-hybridized carbons (Fsp3) is 0.154. The van der Waals surface area contributed by atoms with Gasteiger partial charge in [0, 0.05) is 17.8 Å². The first kappa shape index (κ1) is 14.6. The predicted molar refractivity (Wildman–Crippen MR) is 82.1 cm³/mol. The number of nitrogens with zero attached hydrogens (tertiary/aromatic N) is 2. The maximum atomic E-state index is 13.5. The Morgan fingerprint density at radius 3 is 2.85 bits per heavy atom. The molecule has 0 atom stereocenters. The first-order chi connectivity index (χ1) is 9.47. The number of halogens is 2. The standard InChI is InChI=1S/C13H11FIN3O2/c1-8-3-2-4-9(17-8)7-16-12-5-10(14)11(15)6-13(12)18(19)20/h2-6,16H,7H2,1H3. The fourth-order valence-corrected chi connectivity index (χ4v) is 2.16. The summed E-state index contributed by atoms with van der Waals surface area (Å²) in [5, 5.41) is 13.8. The lowest BCUT2D eigenvalue weighted by molar-refractivity contribution is -0.384. The van der Waals surface area contributed by atoms with E-state index in [0.29, 0.717) is 6.54 Å². The van der Waals surface area contributed by atoms with Gasteiger partial charge in [-0.25, -0.2) is 4.39 Å². The Morgan fingerprint density at radius 2 is 2.20 bits per heavy atom. The molecule has 0 radical (unpaired) electrons. The lowest BCUT2D eigenvalue weighted by Gasteiger charge is -2.08. The summed E-state index contributed by atoms with van der Waals surface area (Å²) in [6, 6.07) is 7.85. The monoisotopic (exact) mass is 387 g/mol. The minimum Gasteiger partial charge on any atom is -0.374 e. The summed E-state index contributed by atoms with van der Waals surface area (Å²) in [6.45, 7) is 2.15. The largest absolute Gasteiger partial charge is 0.374 e. The Labute approximate surface area is 128 Å². The Bertz CT molecular complexity index is 664. The summed E-state index contributed by atoms with van der Waals surface area (Å²) in [7, 11) is 0. The number of hydrogen-bond donors (Lipinski definition) is 1. The normalized spacial score (nSPS) is 10.3. The molecule has 5 nitrogen and oxygen atoms in total. The number of rotatable bonds is 4. The van der Waals surface area contributed by atoms with Gasteiger partial charge in [0.15, 0.2) is 0 Å². The van der Waals surface area contributed by atoms with Crippen molar-refractivity contribution in [1.29, 1.82) is 0 Å². The molecular weight excluding hydrogens is 376 g/mol. The SMILES string of the molecule is Cc1cccc(CNc2cc(F)c(I)cc2[N+](=O)[O-])n1. The van der Waals surface area contributed by atoms with Gasteiger partial charge < -0.3 is 5.32 Å². The molecule has 0 saturated heterocycles. The van der Waals surface area contributed by atoms with Crippen LogP contribution in [-0.2, 0) is 6.54 Å². The van der Waals surface area contributed by atoms with E-state index in [1.807, 2.05) is 19.1 Å². The Balaban J connectivity index is 2.24. The summed E-state index contributed by atoms with van der Waals surface area (Å²) < 4.78 is 13.7. The van der Waals surface area contributed by atoms with E-state index in [2.05, 4.69) is 10.3 Å². The van der Waals surface area contributed by atoms with Gasteiger partial charge in [-0.1, -0.05) is 6.07 Å². The van der Waals surface area contributed by atoms with Crippen LogP contribution in [0.15, 0.2) is 30.3 Å². The fourth-order valence-electron chi connectivity index (χ4n) is 1.71. The molecule has 104 valence electrons. The number of aryl methyl sites for hydroxylation is 1. The van der Waals surface area contributed by atoms with E-state index in [9.17, 15) is 14.5 Å². The molecule has 0 aliphatic rings. The zero-order chi connectivity index (χ0) is 14.7. The van der Waals surface area contributed by atoms with Crippen molar-refractivity contribution in [2.24, 2.45) is 0 Å². The van der Waals surface area contributed by atoms with Gasteiger partial charge in [0.1, 0.15) is 11.5 Å². The highest BCUT2D eigenvalue weighted by molar-refractivity contribution is 14.1. The first-order valence-corrected chi connectivity index (χ1v) is 6.85. The Morgan fingerprint density at radius 1 is 1.45 bits per heavy atom. The van der Waals surface area contributed by atoms with Crippen molar-refractivity contribution in [1.82, 2.24) is 4.98 Å². The number of hydrogen-bond acceptors (Lipinski definition) is 4. The third kappa shape index (κ3) is 3.41. The summed E-state index contributed by atoms with van der Waals surface area (Å²) >= 11 is 1.72. The highest BCUT2D eigenvalue weighted by Gasteiger charge is 2.17. The van der Waals surface area contributed by atoms with Crippen molar-refractivity contribution in [3.8, 4) is 0 Å². The van der Waals surface area contributed by atoms with Crippen LogP contribution in [0.2, 0.25) is 0 Å². The summed E-state index contributed by atoms with van der Waals surface area (Å²) in [4.78, 5) is 14.7. The van der Waals surface area contributed by atoms with Gasteiger partial charge >= 0.3 is 0 Å². The summed E-state index contributed by atoms with van der Waals surface area (Å²) in [5.74, 6) is -0.490. The zero-order valence-corrected chi connectivity index (χ0v) is 12.7. The van der Waals surface area contributed by atoms with Crippen molar-refractivity contribution in [2.45, 2.75) is 13.5 Å². The Kier molecular flexibility index (Phi) is 4.48.